The summed E-state index contributed by atoms with van der Waals surface area (Å²) in [4.78, 5) is 22.9. The Morgan fingerprint density at radius 3 is 2.89 bits per heavy atom. The molecular formula is C25H28FN5O3S. The Morgan fingerprint density at radius 1 is 1.29 bits per heavy atom. The molecule has 10 heteroatoms. The molecule has 184 valence electrons. The lowest BCUT2D eigenvalue weighted by Gasteiger charge is -2.18. The number of halogens is 1. The van der Waals surface area contributed by atoms with Crippen molar-refractivity contribution in [3.8, 4) is 5.75 Å². The van der Waals surface area contributed by atoms with Gasteiger partial charge in [-0.3, -0.25) is 4.79 Å². The number of carbonyl (C=O) groups is 1. The lowest BCUT2D eigenvalue weighted by molar-refractivity contribution is -0.132. The van der Waals surface area contributed by atoms with E-state index in [4.69, 9.17) is 9.10 Å². The highest BCUT2D eigenvalue weighted by molar-refractivity contribution is 7.87. The van der Waals surface area contributed by atoms with Crippen molar-refractivity contribution in [2.75, 3.05) is 36.5 Å². The number of amides is 1. The van der Waals surface area contributed by atoms with Crippen molar-refractivity contribution >= 4 is 44.7 Å². The highest BCUT2D eigenvalue weighted by Crippen LogP contribution is 2.34. The van der Waals surface area contributed by atoms with Gasteiger partial charge in [0.1, 0.15) is 23.7 Å². The summed E-state index contributed by atoms with van der Waals surface area (Å²) >= 11 is 0. The normalized spacial score (nSPS) is 18.3. The lowest BCUT2D eigenvalue weighted by Crippen LogP contribution is -2.33. The number of β-amino-alcohol motifs (C(OH)–C–C–N with tert-alkyl or cyclic N) is 1. The van der Waals surface area contributed by atoms with Crippen molar-refractivity contribution in [2.24, 2.45) is 4.36 Å². The topological polar surface area (TPSA) is 99.9 Å². The summed E-state index contributed by atoms with van der Waals surface area (Å²) in [6.45, 7) is 2.53. The first-order valence-corrected chi connectivity index (χ1v) is 13.3. The van der Waals surface area contributed by atoms with Gasteiger partial charge in [-0.25, -0.2) is 18.7 Å². The number of benzene rings is 2. The van der Waals surface area contributed by atoms with Crippen molar-refractivity contribution < 1.29 is 19.0 Å². The summed E-state index contributed by atoms with van der Waals surface area (Å²) in [6.07, 6.45) is 4.00. The predicted molar refractivity (Wildman–Crippen MR) is 135 cm³/mol. The predicted octanol–water partition coefficient (Wildman–Crippen LogP) is 4.02. The molecule has 1 unspecified atom stereocenters. The van der Waals surface area contributed by atoms with E-state index in [1.807, 2.05) is 19.1 Å². The van der Waals surface area contributed by atoms with Crippen LogP contribution >= 0.6 is 0 Å². The minimum absolute atomic E-state index is 0.0879. The molecule has 2 N–H and O–H groups in total. The van der Waals surface area contributed by atoms with Crippen LogP contribution in [-0.4, -0.2) is 63.2 Å². The van der Waals surface area contributed by atoms with E-state index in [-0.39, 0.29) is 35.5 Å². The van der Waals surface area contributed by atoms with Gasteiger partial charge in [0.2, 0.25) is 0 Å². The second-order valence-electron chi connectivity index (χ2n) is 8.88. The molecule has 8 nitrogen and oxygen atoms in total. The Hall–Kier alpha value is -3.11. The molecule has 1 atom stereocenters. The van der Waals surface area contributed by atoms with Crippen molar-refractivity contribution in [2.45, 2.75) is 32.3 Å². The zero-order chi connectivity index (χ0) is 24.4. The summed E-state index contributed by atoms with van der Waals surface area (Å²) in [6, 6.07) is 8.15. The van der Waals surface area contributed by atoms with Crippen LogP contribution in [-0.2, 0) is 15.5 Å². The second-order valence-corrected chi connectivity index (χ2v) is 10.8. The number of hydrogen-bond acceptors (Lipinski definition) is 7. The van der Waals surface area contributed by atoms with E-state index >= 15 is 0 Å². The first kappa shape index (κ1) is 23.6. The standard InChI is InChI=1S/C25H28FN5O3S/c1-16-10-18(30-35-8-2-3-9-35)12-21-24(16)25(28-15-27-21)29-20-5-4-17(26)11-22(20)34-14-23(33)31-7-6-19(32)13-31/h4-5,10-12,15,19,32H,2-3,6-9,13-14H2,1H3,(H,27,28,29). The molecule has 3 heterocycles. The molecule has 0 spiro atoms. The second kappa shape index (κ2) is 10.2. The highest BCUT2D eigenvalue weighted by atomic mass is 32.2. The molecule has 2 saturated heterocycles. The van der Waals surface area contributed by atoms with E-state index in [2.05, 4.69) is 15.3 Å². The summed E-state index contributed by atoms with van der Waals surface area (Å²) in [7, 11) is 0.0879. The smallest absolute Gasteiger partial charge is 0.260 e. The molecule has 5 rings (SSSR count). The third kappa shape index (κ3) is 5.43. The fourth-order valence-electron chi connectivity index (χ4n) is 4.45. The van der Waals surface area contributed by atoms with Crippen LogP contribution in [0.5, 0.6) is 5.75 Å². The van der Waals surface area contributed by atoms with Crippen molar-refractivity contribution in [1.82, 2.24) is 14.9 Å². The first-order valence-electron chi connectivity index (χ1n) is 11.8. The van der Waals surface area contributed by atoms with Crippen molar-refractivity contribution in [3.63, 3.8) is 0 Å². The molecule has 0 radical (unpaired) electrons. The van der Waals surface area contributed by atoms with E-state index in [9.17, 15) is 14.3 Å². The molecule has 2 aliphatic rings. The minimum atomic E-state index is -0.508. The van der Waals surface area contributed by atoms with Gasteiger partial charge in [0.05, 0.1) is 23.0 Å². The van der Waals surface area contributed by atoms with Gasteiger partial charge in [0, 0.05) is 36.0 Å². The summed E-state index contributed by atoms with van der Waals surface area (Å²) < 4.78 is 24.6. The number of anilines is 2. The number of aryl methyl sites for hydroxylation is 1. The van der Waals surface area contributed by atoms with Crippen LogP contribution in [0.3, 0.4) is 0 Å². The average Bonchev–Trinajstić information content (AvgIpc) is 3.50. The van der Waals surface area contributed by atoms with E-state index in [1.165, 1.54) is 31.3 Å². The number of fused-ring (bicyclic) bond motifs is 1. The SMILES string of the molecule is Cc1cc(N=S2CCCC2)cc2ncnc(Nc3ccc(F)cc3OCC(=O)N3CCC(O)C3)c12. The number of nitrogens with zero attached hydrogens (tertiary/aromatic N) is 4. The van der Waals surface area contributed by atoms with Crippen molar-refractivity contribution in [1.29, 1.82) is 0 Å². The van der Waals surface area contributed by atoms with Gasteiger partial charge < -0.3 is 20.1 Å². The largest absolute Gasteiger partial charge is 0.481 e. The number of rotatable bonds is 6. The van der Waals surface area contributed by atoms with Crippen LogP contribution in [0.2, 0.25) is 0 Å². The van der Waals surface area contributed by atoms with E-state index in [0.29, 0.717) is 24.5 Å². The number of aliphatic hydroxyl groups excluding tert-OH is 1. The lowest BCUT2D eigenvalue weighted by atomic mass is 10.1. The van der Waals surface area contributed by atoms with Crippen LogP contribution in [0.1, 0.15) is 24.8 Å². The molecule has 3 aromatic rings. The zero-order valence-electron chi connectivity index (χ0n) is 19.5. The fraction of sp³-hybridized carbons (Fsp3) is 0.400. The summed E-state index contributed by atoms with van der Waals surface area (Å²) in [5, 5.41) is 13.7. The highest BCUT2D eigenvalue weighted by Gasteiger charge is 2.25. The van der Waals surface area contributed by atoms with Crippen LogP contribution in [0.15, 0.2) is 41.0 Å². The number of ether oxygens (including phenoxy) is 1. The number of likely N-dealkylation sites (tertiary alicyclic amines) is 1. The molecule has 0 saturated carbocycles. The van der Waals surface area contributed by atoms with Crippen molar-refractivity contribution in [3.05, 3.63) is 48.0 Å². The van der Waals surface area contributed by atoms with Crippen LogP contribution in [0.4, 0.5) is 21.6 Å². The summed E-state index contributed by atoms with van der Waals surface area (Å²) in [5.74, 6) is 2.35. The number of hydrogen-bond donors (Lipinski definition) is 2. The monoisotopic (exact) mass is 497 g/mol. The maximum absolute atomic E-state index is 14.0. The van der Waals surface area contributed by atoms with Gasteiger partial charge in [-0.2, -0.15) is 0 Å². The number of aliphatic hydroxyl groups is 1. The third-order valence-corrected chi connectivity index (χ3v) is 8.22. The molecule has 2 aliphatic heterocycles. The Kier molecular flexibility index (Phi) is 6.92. The summed E-state index contributed by atoms with van der Waals surface area (Å²) in [5.41, 5.74) is 3.18. The van der Waals surface area contributed by atoms with Gasteiger partial charge in [-0.05, 0) is 56.0 Å². The van der Waals surface area contributed by atoms with Crippen LogP contribution in [0.25, 0.3) is 10.9 Å². The molecule has 0 bridgehead atoms. The molecule has 2 aromatic carbocycles. The quantitative estimate of drug-likeness (QED) is 0.534. The number of carbonyl (C=O) groups excluding carboxylic acids is 1. The Morgan fingerprint density at radius 2 is 2.11 bits per heavy atom. The Labute approximate surface area is 205 Å². The van der Waals surface area contributed by atoms with Crippen LogP contribution < -0.4 is 10.1 Å². The maximum Gasteiger partial charge on any atom is 0.260 e. The van der Waals surface area contributed by atoms with Gasteiger partial charge >= 0.3 is 0 Å². The molecular weight excluding hydrogens is 469 g/mol. The van der Waals surface area contributed by atoms with Gasteiger partial charge in [0.15, 0.2) is 6.61 Å². The molecule has 2 fully saturated rings. The Bertz CT molecular complexity index is 1290. The maximum atomic E-state index is 14.0. The first-order chi connectivity index (χ1) is 17.0. The van der Waals surface area contributed by atoms with Gasteiger partial charge in [0.25, 0.3) is 5.91 Å². The molecule has 1 amide bonds. The third-order valence-electron chi connectivity index (χ3n) is 6.23. The van der Waals surface area contributed by atoms with E-state index in [1.54, 1.807) is 11.0 Å². The molecule has 35 heavy (non-hydrogen) atoms. The van der Waals surface area contributed by atoms with E-state index < -0.39 is 11.9 Å². The number of aromatic nitrogens is 2. The van der Waals surface area contributed by atoms with E-state index in [0.717, 1.165) is 33.7 Å². The van der Waals surface area contributed by atoms with Gasteiger partial charge in [-0.15, -0.1) is 0 Å². The molecule has 0 aliphatic carbocycles. The number of nitrogens with one attached hydrogen (secondary N) is 1. The Balaban J connectivity index is 1.39. The fourth-order valence-corrected chi connectivity index (χ4v) is 6.31. The minimum Gasteiger partial charge on any atom is -0.481 e. The van der Waals surface area contributed by atoms with Crippen LogP contribution in [0, 0.1) is 12.7 Å². The van der Waals surface area contributed by atoms with Gasteiger partial charge in [-0.1, -0.05) is 10.7 Å². The zero-order valence-corrected chi connectivity index (χ0v) is 20.4. The molecule has 1 aromatic heterocycles. The average molecular weight is 498 g/mol.